The highest BCUT2D eigenvalue weighted by atomic mass is 19.3. The van der Waals surface area contributed by atoms with E-state index in [-0.39, 0.29) is 11.7 Å². The van der Waals surface area contributed by atoms with Crippen molar-refractivity contribution in [3.05, 3.63) is 88.7 Å². The lowest BCUT2D eigenvalue weighted by Gasteiger charge is -2.13. The molecule has 0 aromatic heterocycles. The van der Waals surface area contributed by atoms with E-state index < -0.39 is 17.8 Å². The average molecular weight is 441 g/mol. The van der Waals surface area contributed by atoms with Gasteiger partial charge in [-0.15, -0.1) is 0 Å². The van der Waals surface area contributed by atoms with Gasteiger partial charge in [-0.3, -0.25) is 0 Å². The number of aryl methyl sites for hydroxylation is 2. The van der Waals surface area contributed by atoms with Crippen molar-refractivity contribution in [2.75, 3.05) is 13.2 Å². The van der Waals surface area contributed by atoms with Gasteiger partial charge in [-0.2, -0.15) is 0 Å². The first-order valence-corrected chi connectivity index (χ1v) is 11.1. The van der Waals surface area contributed by atoms with Gasteiger partial charge in [0.25, 0.3) is 6.43 Å². The van der Waals surface area contributed by atoms with Gasteiger partial charge < -0.3 is 9.47 Å². The number of ether oxygens (including phenoxy) is 2. The molecule has 3 aromatic carbocycles. The number of benzene rings is 3. The van der Waals surface area contributed by atoms with E-state index in [1.165, 1.54) is 5.56 Å². The topological polar surface area (TPSA) is 21.8 Å². The number of alkyl halides is 2. The molecule has 1 aliphatic heterocycles. The molecule has 4 rings (SSSR count). The molecular weight excluding hydrogens is 413 g/mol. The second-order valence-electron chi connectivity index (χ2n) is 8.09. The van der Waals surface area contributed by atoms with Crippen LogP contribution in [0.4, 0.5) is 13.2 Å². The Labute approximate surface area is 187 Å². The smallest absolute Gasteiger partial charge is 0.266 e. The molecule has 0 bridgehead atoms. The summed E-state index contributed by atoms with van der Waals surface area (Å²) in [4.78, 5) is 0. The fourth-order valence-electron chi connectivity index (χ4n) is 3.93. The molecule has 3 aromatic rings. The molecule has 0 aliphatic carbocycles. The lowest BCUT2D eigenvalue weighted by Crippen LogP contribution is -2.05. The Morgan fingerprint density at radius 2 is 1.59 bits per heavy atom. The molecule has 0 spiro atoms. The quantitative estimate of drug-likeness (QED) is 0.241. The zero-order valence-electron chi connectivity index (χ0n) is 18.1. The molecule has 0 saturated carbocycles. The highest BCUT2D eigenvalue weighted by molar-refractivity contribution is 5.64. The van der Waals surface area contributed by atoms with Gasteiger partial charge in [-0.25, -0.2) is 13.2 Å². The highest BCUT2D eigenvalue weighted by Crippen LogP contribution is 2.37. The van der Waals surface area contributed by atoms with Crippen LogP contribution in [0.5, 0.6) is 5.75 Å². The second-order valence-corrected chi connectivity index (χ2v) is 8.09. The molecule has 2 nitrogen and oxygen atoms in total. The molecule has 1 atom stereocenters. The van der Waals surface area contributed by atoms with Crippen LogP contribution in [-0.2, 0) is 17.6 Å². The van der Waals surface area contributed by atoms with Crippen molar-refractivity contribution in [1.29, 1.82) is 0 Å². The van der Waals surface area contributed by atoms with E-state index in [0.717, 1.165) is 29.7 Å². The van der Waals surface area contributed by atoms with Gasteiger partial charge >= 0.3 is 0 Å². The predicted molar refractivity (Wildman–Crippen MR) is 120 cm³/mol. The number of epoxide rings is 1. The van der Waals surface area contributed by atoms with Crippen LogP contribution >= 0.6 is 0 Å². The molecule has 1 aliphatic rings. The van der Waals surface area contributed by atoms with Gasteiger partial charge in [0, 0.05) is 5.56 Å². The fourth-order valence-corrected chi connectivity index (χ4v) is 3.93. The number of halogens is 3. The van der Waals surface area contributed by atoms with E-state index in [0.29, 0.717) is 31.6 Å². The molecule has 0 radical (unpaired) electrons. The minimum atomic E-state index is -2.85. The van der Waals surface area contributed by atoms with Crippen LogP contribution in [0.15, 0.2) is 60.7 Å². The Hall–Kier alpha value is -2.79. The maximum atomic E-state index is 14.5. The van der Waals surface area contributed by atoms with Gasteiger partial charge in [0.15, 0.2) is 0 Å². The van der Waals surface area contributed by atoms with Crippen molar-refractivity contribution >= 4 is 0 Å². The first-order valence-electron chi connectivity index (χ1n) is 11.1. The summed E-state index contributed by atoms with van der Waals surface area (Å²) in [6.45, 7) is 2.92. The van der Waals surface area contributed by atoms with Crippen LogP contribution in [0.2, 0.25) is 0 Å². The minimum absolute atomic E-state index is 0.223. The molecule has 0 N–H and O–H groups in total. The van der Waals surface area contributed by atoms with E-state index in [4.69, 9.17) is 9.47 Å². The summed E-state index contributed by atoms with van der Waals surface area (Å²) < 4.78 is 52.2. The van der Waals surface area contributed by atoms with Crippen molar-refractivity contribution in [2.24, 2.45) is 0 Å². The van der Waals surface area contributed by atoms with Gasteiger partial charge in [0.05, 0.1) is 18.8 Å². The van der Waals surface area contributed by atoms with E-state index in [1.54, 1.807) is 12.1 Å². The lowest BCUT2D eigenvalue weighted by atomic mass is 9.98. The first kappa shape index (κ1) is 22.4. The summed E-state index contributed by atoms with van der Waals surface area (Å²) in [5.41, 5.74) is 3.64. The highest BCUT2D eigenvalue weighted by Gasteiger charge is 2.31. The molecule has 168 valence electrons. The third-order valence-corrected chi connectivity index (χ3v) is 5.74. The Morgan fingerprint density at radius 1 is 0.938 bits per heavy atom. The minimum Gasteiger partial charge on any atom is -0.494 e. The fraction of sp³-hybridized carbons (Fsp3) is 0.333. The van der Waals surface area contributed by atoms with Crippen LogP contribution < -0.4 is 4.74 Å². The molecule has 1 fully saturated rings. The second kappa shape index (κ2) is 10.2. The molecular formula is C27H27F3O2. The van der Waals surface area contributed by atoms with Crippen molar-refractivity contribution in [3.8, 4) is 16.9 Å². The maximum absolute atomic E-state index is 14.5. The Kier molecular flexibility index (Phi) is 7.15. The average Bonchev–Trinajstić information content (AvgIpc) is 3.63. The SMILES string of the molecule is CCCc1ccc(-c2ccc(OCCCc3ccc(C4CO4)c(F)c3C(F)F)cc2)cc1. The number of hydrogen-bond donors (Lipinski definition) is 0. The molecule has 32 heavy (non-hydrogen) atoms. The van der Waals surface area contributed by atoms with E-state index in [1.807, 2.05) is 24.3 Å². The standard InChI is InChI=1S/C27H27F3O2/c1-2-4-18-6-8-19(9-7-18)20-10-13-22(14-11-20)31-16-3-5-21-12-15-23(24-17-32-24)26(28)25(21)27(29)30/h6-15,24,27H,2-5,16-17H2,1H3. The molecule has 0 amide bonds. The zero-order chi connectivity index (χ0) is 22.5. The van der Waals surface area contributed by atoms with Crippen molar-refractivity contribution in [1.82, 2.24) is 0 Å². The maximum Gasteiger partial charge on any atom is 0.266 e. The number of rotatable bonds is 10. The van der Waals surface area contributed by atoms with Gasteiger partial charge in [0.1, 0.15) is 17.7 Å². The Bertz CT molecular complexity index is 1030. The van der Waals surface area contributed by atoms with Crippen LogP contribution in [0.1, 0.15) is 54.5 Å². The third kappa shape index (κ3) is 5.33. The lowest BCUT2D eigenvalue weighted by molar-refractivity contribution is 0.144. The van der Waals surface area contributed by atoms with Gasteiger partial charge in [-0.05, 0) is 53.6 Å². The summed E-state index contributed by atoms with van der Waals surface area (Å²) >= 11 is 0. The summed E-state index contributed by atoms with van der Waals surface area (Å²) in [6, 6.07) is 19.5. The first-order chi connectivity index (χ1) is 15.6. The van der Waals surface area contributed by atoms with Crippen molar-refractivity contribution < 1.29 is 22.6 Å². The van der Waals surface area contributed by atoms with Crippen molar-refractivity contribution in [2.45, 2.75) is 45.1 Å². The third-order valence-electron chi connectivity index (χ3n) is 5.74. The largest absolute Gasteiger partial charge is 0.494 e. The van der Waals surface area contributed by atoms with Gasteiger partial charge in [-0.1, -0.05) is 61.9 Å². The van der Waals surface area contributed by atoms with Crippen molar-refractivity contribution in [3.63, 3.8) is 0 Å². The van der Waals surface area contributed by atoms with Crippen LogP contribution in [0.25, 0.3) is 11.1 Å². The normalized spacial score (nSPS) is 15.2. The van der Waals surface area contributed by atoms with Crippen LogP contribution in [0, 0.1) is 5.82 Å². The number of hydrogen-bond acceptors (Lipinski definition) is 2. The molecule has 1 unspecified atom stereocenters. The summed E-state index contributed by atoms with van der Waals surface area (Å²) in [5.74, 6) is -0.114. The van der Waals surface area contributed by atoms with Gasteiger partial charge in [0.2, 0.25) is 0 Å². The monoisotopic (exact) mass is 440 g/mol. The molecule has 1 heterocycles. The van der Waals surface area contributed by atoms with E-state index in [9.17, 15) is 13.2 Å². The Balaban J connectivity index is 1.32. The molecule has 5 heteroatoms. The van der Waals surface area contributed by atoms with Crippen LogP contribution in [-0.4, -0.2) is 13.2 Å². The molecule has 1 saturated heterocycles. The van der Waals surface area contributed by atoms with E-state index >= 15 is 0 Å². The van der Waals surface area contributed by atoms with Crippen LogP contribution in [0.3, 0.4) is 0 Å². The summed E-state index contributed by atoms with van der Waals surface area (Å²) in [7, 11) is 0. The zero-order valence-corrected chi connectivity index (χ0v) is 18.1. The summed E-state index contributed by atoms with van der Waals surface area (Å²) in [5, 5.41) is 0. The summed E-state index contributed by atoms with van der Waals surface area (Å²) in [6.07, 6.45) is -0.193. The van der Waals surface area contributed by atoms with E-state index in [2.05, 4.69) is 31.2 Å². The Morgan fingerprint density at radius 3 is 2.19 bits per heavy atom. The predicted octanol–water partition coefficient (Wildman–Crippen LogP) is 7.47.